The molecule has 3 rings (SSSR count). The van der Waals surface area contributed by atoms with Gasteiger partial charge in [-0.05, 0) is 29.3 Å². The quantitative estimate of drug-likeness (QED) is 0.530. The monoisotopic (exact) mass is 480 g/mol. The van der Waals surface area contributed by atoms with Gasteiger partial charge >= 0.3 is 21.7 Å². The lowest BCUT2D eigenvalue weighted by Gasteiger charge is -2.17. The molecule has 32 heavy (non-hydrogen) atoms. The zero-order valence-corrected chi connectivity index (χ0v) is 16.9. The molecule has 2 N–H and O–H groups in total. The van der Waals surface area contributed by atoms with Gasteiger partial charge in [-0.15, -0.1) is 0 Å². The Kier molecular flexibility index (Phi) is 5.89. The molecule has 6 nitrogen and oxygen atoms in total. The highest BCUT2D eigenvalue weighted by atomic mass is 32.2. The Balaban J connectivity index is 2.31. The summed E-state index contributed by atoms with van der Waals surface area (Å²) < 4.78 is 108. The highest BCUT2D eigenvalue weighted by Crippen LogP contribution is 2.35. The van der Waals surface area contributed by atoms with E-state index in [1.807, 2.05) is 4.98 Å². The molecule has 0 amide bonds. The van der Waals surface area contributed by atoms with Crippen LogP contribution in [0.3, 0.4) is 0 Å². The van der Waals surface area contributed by atoms with Gasteiger partial charge in [0.25, 0.3) is 5.56 Å². The summed E-state index contributed by atoms with van der Waals surface area (Å²) in [5, 5.41) is -0.0802. The molecule has 0 unspecified atom stereocenters. The fourth-order valence-corrected chi connectivity index (χ4v) is 3.67. The summed E-state index contributed by atoms with van der Waals surface area (Å²) in [7, 11) is -4.67. The summed E-state index contributed by atoms with van der Waals surface area (Å²) >= 11 is 0. The Labute approximate surface area is 176 Å². The molecule has 1 heterocycles. The van der Waals surface area contributed by atoms with Crippen LogP contribution in [0.25, 0.3) is 10.9 Å². The number of methoxy groups -OCH3 is 1. The number of pyridine rings is 1. The molecule has 0 atom stereocenters. The number of anilines is 1. The molecule has 0 saturated carbocycles. The number of benzene rings is 2. The van der Waals surface area contributed by atoms with Gasteiger partial charge in [0, 0.05) is 17.3 Å². The Morgan fingerprint density at radius 3 is 2.28 bits per heavy atom. The average Bonchev–Trinajstić information content (AvgIpc) is 2.68. The molecule has 0 saturated heterocycles. The molecular weight excluding hydrogens is 466 g/mol. The van der Waals surface area contributed by atoms with Gasteiger partial charge in [0.05, 0.1) is 12.7 Å². The molecule has 0 bridgehead atoms. The van der Waals surface area contributed by atoms with Crippen molar-refractivity contribution in [1.82, 2.24) is 4.98 Å². The maximum Gasteiger partial charge on any atom is 0.516 e. The van der Waals surface area contributed by atoms with E-state index in [0.717, 1.165) is 6.07 Å². The first-order chi connectivity index (χ1) is 14.7. The van der Waals surface area contributed by atoms with Crippen LogP contribution >= 0.6 is 0 Å². The fraction of sp³-hybridized carbons (Fsp3) is 0.211. The van der Waals surface area contributed by atoms with E-state index in [0.29, 0.717) is 17.7 Å². The molecule has 0 fully saturated rings. The Morgan fingerprint density at radius 1 is 1.03 bits per heavy atom. The van der Waals surface area contributed by atoms with Gasteiger partial charge in [-0.1, -0.05) is 24.3 Å². The standard InChI is InChI=1S/C19H14F6N2O4S/c1-31-15-5-3-2-4-10(15)8-13-12-7-6-11(18(20,21)22)9-14(12)26-17(28)16(13)27-32(29,30)19(23,24)25/h2-7,9,27H,8H2,1H3,(H,26,28). The van der Waals surface area contributed by atoms with Gasteiger partial charge in [-0.2, -0.15) is 34.8 Å². The van der Waals surface area contributed by atoms with Gasteiger partial charge in [-0.3, -0.25) is 9.52 Å². The van der Waals surface area contributed by atoms with Crippen molar-refractivity contribution in [1.29, 1.82) is 0 Å². The number of hydrogen-bond acceptors (Lipinski definition) is 4. The van der Waals surface area contributed by atoms with E-state index < -0.39 is 38.5 Å². The maximum atomic E-state index is 13.1. The second kappa shape index (κ2) is 8.04. The van der Waals surface area contributed by atoms with Crippen molar-refractivity contribution in [2.75, 3.05) is 11.8 Å². The number of para-hydroxylation sites is 1. The Hall–Kier alpha value is -3.22. The lowest BCUT2D eigenvalue weighted by atomic mass is 9.98. The van der Waals surface area contributed by atoms with Crippen LogP contribution in [0.15, 0.2) is 47.3 Å². The van der Waals surface area contributed by atoms with Gasteiger partial charge in [0.2, 0.25) is 0 Å². The second-order valence-corrected chi connectivity index (χ2v) is 8.28. The molecule has 2 aromatic carbocycles. The number of alkyl halides is 6. The average molecular weight is 480 g/mol. The highest BCUT2D eigenvalue weighted by Gasteiger charge is 2.46. The minimum Gasteiger partial charge on any atom is -0.496 e. The number of hydrogen-bond donors (Lipinski definition) is 2. The summed E-state index contributed by atoms with van der Waals surface area (Å²) in [6.07, 6.45) is -5.06. The molecule has 13 heteroatoms. The van der Waals surface area contributed by atoms with E-state index in [-0.39, 0.29) is 28.6 Å². The van der Waals surface area contributed by atoms with Crippen LogP contribution in [0.4, 0.5) is 32.0 Å². The lowest BCUT2D eigenvalue weighted by molar-refractivity contribution is -0.137. The van der Waals surface area contributed by atoms with E-state index in [9.17, 15) is 39.6 Å². The molecular formula is C19H14F6N2O4S. The van der Waals surface area contributed by atoms with Crippen molar-refractivity contribution < 1.29 is 39.5 Å². The number of aromatic nitrogens is 1. The summed E-state index contributed by atoms with van der Waals surface area (Å²) in [4.78, 5) is 14.5. The number of sulfonamides is 1. The fourth-order valence-electron chi connectivity index (χ4n) is 3.07. The molecule has 0 aliphatic rings. The van der Waals surface area contributed by atoms with Crippen molar-refractivity contribution in [3.8, 4) is 5.75 Å². The van der Waals surface area contributed by atoms with Crippen molar-refractivity contribution >= 4 is 26.6 Å². The number of fused-ring (bicyclic) bond motifs is 1. The summed E-state index contributed by atoms with van der Waals surface area (Å²) in [6, 6.07) is 8.43. The normalized spacial score (nSPS) is 12.7. The van der Waals surface area contributed by atoms with Crippen LogP contribution in [0.1, 0.15) is 16.7 Å². The van der Waals surface area contributed by atoms with Crippen LogP contribution in [-0.2, 0) is 22.6 Å². The van der Waals surface area contributed by atoms with Gasteiger partial charge in [0.1, 0.15) is 11.4 Å². The summed E-state index contributed by atoms with van der Waals surface area (Å²) in [6.45, 7) is 0. The highest BCUT2D eigenvalue weighted by molar-refractivity contribution is 7.93. The summed E-state index contributed by atoms with van der Waals surface area (Å²) in [5.74, 6) is 0.275. The first-order valence-corrected chi connectivity index (χ1v) is 10.2. The number of rotatable bonds is 5. The molecule has 1 aromatic heterocycles. The minimum atomic E-state index is -5.99. The number of aromatic amines is 1. The third-order valence-electron chi connectivity index (χ3n) is 4.55. The summed E-state index contributed by atoms with van der Waals surface area (Å²) in [5.41, 5.74) is -9.35. The predicted octanol–water partition coefficient (Wildman–Crippen LogP) is 4.41. The number of nitrogens with one attached hydrogen (secondary N) is 2. The largest absolute Gasteiger partial charge is 0.516 e. The third-order valence-corrected chi connectivity index (χ3v) is 5.63. The van der Waals surface area contributed by atoms with E-state index in [1.165, 1.54) is 24.0 Å². The van der Waals surface area contributed by atoms with Crippen LogP contribution in [0, 0.1) is 0 Å². The SMILES string of the molecule is COc1ccccc1Cc1c(NS(=O)(=O)C(F)(F)F)c(=O)[nH]c2cc(C(F)(F)F)ccc12. The van der Waals surface area contributed by atoms with Crippen molar-refractivity contribution in [2.45, 2.75) is 18.1 Å². The zero-order chi connectivity index (χ0) is 23.9. The predicted molar refractivity (Wildman–Crippen MR) is 104 cm³/mol. The number of ether oxygens (including phenoxy) is 1. The van der Waals surface area contributed by atoms with Crippen molar-refractivity contribution in [3.63, 3.8) is 0 Å². The van der Waals surface area contributed by atoms with E-state index in [4.69, 9.17) is 4.74 Å². The smallest absolute Gasteiger partial charge is 0.496 e. The lowest BCUT2D eigenvalue weighted by Crippen LogP contribution is -2.33. The minimum absolute atomic E-state index is 0.0802. The first-order valence-electron chi connectivity index (χ1n) is 8.71. The maximum absolute atomic E-state index is 13.1. The molecule has 0 spiro atoms. The van der Waals surface area contributed by atoms with E-state index in [2.05, 4.69) is 0 Å². The van der Waals surface area contributed by atoms with Gasteiger partial charge in [-0.25, -0.2) is 0 Å². The van der Waals surface area contributed by atoms with E-state index in [1.54, 1.807) is 12.1 Å². The van der Waals surface area contributed by atoms with Crippen LogP contribution < -0.4 is 15.0 Å². The molecule has 0 aliphatic heterocycles. The zero-order valence-electron chi connectivity index (χ0n) is 16.1. The van der Waals surface area contributed by atoms with Crippen molar-refractivity contribution in [3.05, 3.63) is 69.5 Å². The molecule has 0 radical (unpaired) electrons. The number of halogens is 6. The topological polar surface area (TPSA) is 88.3 Å². The van der Waals surface area contributed by atoms with Crippen LogP contribution in [0.2, 0.25) is 0 Å². The molecule has 172 valence electrons. The van der Waals surface area contributed by atoms with Crippen LogP contribution in [0.5, 0.6) is 5.75 Å². The van der Waals surface area contributed by atoms with Gasteiger partial charge in [0.15, 0.2) is 0 Å². The third kappa shape index (κ3) is 4.52. The Morgan fingerprint density at radius 2 is 1.69 bits per heavy atom. The molecule has 3 aromatic rings. The molecule has 0 aliphatic carbocycles. The number of H-pyrrole nitrogens is 1. The second-order valence-electron chi connectivity index (χ2n) is 6.61. The van der Waals surface area contributed by atoms with E-state index >= 15 is 0 Å². The Bertz CT molecular complexity index is 1330. The first kappa shape index (κ1) is 23.4. The van der Waals surface area contributed by atoms with Gasteiger partial charge < -0.3 is 9.72 Å². The van der Waals surface area contributed by atoms with Crippen LogP contribution in [-0.4, -0.2) is 26.0 Å². The van der Waals surface area contributed by atoms with Crippen molar-refractivity contribution in [2.24, 2.45) is 0 Å².